The average Bonchev–Trinajstić information content (AvgIpc) is 2.29. The van der Waals surface area contributed by atoms with Crippen LogP contribution in [-0.4, -0.2) is 68.1 Å². The third kappa shape index (κ3) is 3.89. The van der Waals surface area contributed by atoms with Crippen molar-refractivity contribution in [2.45, 2.75) is 38.3 Å². The van der Waals surface area contributed by atoms with Crippen molar-refractivity contribution in [3.05, 3.63) is 0 Å². The molecule has 0 aliphatic carbocycles. The lowest BCUT2D eigenvalue weighted by atomic mass is 10.1. The largest absolute Gasteiger partial charge is 0.389 e. The van der Waals surface area contributed by atoms with E-state index in [9.17, 15) is 13.5 Å². The van der Waals surface area contributed by atoms with Crippen LogP contribution in [0.1, 0.15) is 26.2 Å². The summed E-state index contributed by atoms with van der Waals surface area (Å²) < 4.78 is 32.2. The first kappa shape index (κ1) is 15.8. The Bertz CT molecular complexity index is 347. The fourth-order valence-electron chi connectivity index (χ4n) is 2.23. The molecule has 1 N–H and O–H groups in total. The van der Waals surface area contributed by atoms with Gasteiger partial charge in [0.05, 0.1) is 12.7 Å². The summed E-state index contributed by atoms with van der Waals surface area (Å²) in [5, 5.41) is 9.60. The summed E-state index contributed by atoms with van der Waals surface area (Å²) >= 11 is 0. The topological polar surface area (TPSA) is 70.1 Å². The molecule has 18 heavy (non-hydrogen) atoms. The van der Waals surface area contributed by atoms with Gasteiger partial charge in [0.1, 0.15) is 0 Å². The number of hydrogen-bond donors (Lipinski definition) is 1. The van der Waals surface area contributed by atoms with Gasteiger partial charge in [-0.3, -0.25) is 0 Å². The summed E-state index contributed by atoms with van der Waals surface area (Å²) in [4.78, 5) is 0. The fourth-order valence-corrected chi connectivity index (χ4v) is 3.87. The van der Waals surface area contributed by atoms with Gasteiger partial charge in [-0.25, -0.2) is 0 Å². The van der Waals surface area contributed by atoms with Gasteiger partial charge in [-0.2, -0.15) is 17.0 Å². The first-order valence-corrected chi connectivity index (χ1v) is 7.69. The minimum Gasteiger partial charge on any atom is -0.389 e. The summed E-state index contributed by atoms with van der Waals surface area (Å²) in [5.74, 6) is 0. The number of methoxy groups -OCH3 is 1. The number of piperidine rings is 1. The van der Waals surface area contributed by atoms with E-state index in [1.165, 1.54) is 22.8 Å². The van der Waals surface area contributed by atoms with Gasteiger partial charge in [0.2, 0.25) is 0 Å². The number of nitrogens with zero attached hydrogens (tertiary/aromatic N) is 2. The van der Waals surface area contributed by atoms with Crippen molar-refractivity contribution in [3.8, 4) is 0 Å². The summed E-state index contributed by atoms with van der Waals surface area (Å²) in [6.45, 7) is 2.68. The number of aliphatic hydroxyl groups is 1. The van der Waals surface area contributed by atoms with Crippen LogP contribution in [0.2, 0.25) is 0 Å². The molecule has 2 atom stereocenters. The van der Waals surface area contributed by atoms with Crippen molar-refractivity contribution in [2.24, 2.45) is 0 Å². The Morgan fingerprint density at radius 2 is 2.17 bits per heavy atom. The molecule has 1 saturated heterocycles. The van der Waals surface area contributed by atoms with Crippen LogP contribution >= 0.6 is 0 Å². The zero-order valence-corrected chi connectivity index (χ0v) is 12.2. The van der Waals surface area contributed by atoms with Crippen molar-refractivity contribution >= 4 is 10.2 Å². The highest BCUT2D eigenvalue weighted by atomic mass is 32.2. The molecule has 7 heteroatoms. The molecule has 0 radical (unpaired) electrons. The summed E-state index contributed by atoms with van der Waals surface area (Å²) in [7, 11) is -0.501. The van der Waals surface area contributed by atoms with Gasteiger partial charge in [0.15, 0.2) is 0 Å². The first-order chi connectivity index (χ1) is 8.39. The van der Waals surface area contributed by atoms with Gasteiger partial charge in [-0.1, -0.05) is 6.42 Å². The van der Waals surface area contributed by atoms with Crippen molar-refractivity contribution in [1.82, 2.24) is 8.61 Å². The first-order valence-electron chi connectivity index (χ1n) is 6.29. The van der Waals surface area contributed by atoms with E-state index in [1.807, 2.05) is 6.92 Å². The lowest BCUT2D eigenvalue weighted by Gasteiger charge is -2.35. The highest BCUT2D eigenvalue weighted by Crippen LogP contribution is 2.21. The van der Waals surface area contributed by atoms with Gasteiger partial charge in [-0.15, -0.1) is 0 Å². The molecule has 0 aromatic rings. The smallest absolute Gasteiger partial charge is 0.282 e. The maximum Gasteiger partial charge on any atom is 0.282 e. The Kier molecular flexibility index (Phi) is 6.00. The summed E-state index contributed by atoms with van der Waals surface area (Å²) in [6.07, 6.45) is 2.07. The molecule has 0 spiro atoms. The number of likely N-dealkylation sites (N-methyl/N-ethyl adjacent to an activating group) is 1. The van der Waals surface area contributed by atoms with Gasteiger partial charge < -0.3 is 9.84 Å². The molecule has 108 valence electrons. The molecule has 6 nitrogen and oxygen atoms in total. The molecule has 0 aromatic heterocycles. The molecule has 1 aliphatic heterocycles. The molecule has 0 saturated carbocycles. The van der Waals surface area contributed by atoms with E-state index in [4.69, 9.17) is 4.74 Å². The fraction of sp³-hybridized carbons (Fsp3) is 1.00. The van der Waals surface area contributed by atoms with Crippen LogP contribution in [0.5, 0.6) is 0 Å². The second-order valence-electron chi connectivity index (χ2n) is 4.85. The van der Waals surface area contributed by atoms with Crippen molar-refractivity contribution in [3.63, 3.8) is 0 Å². The van der Waals surface area contributed by atoms with E-state index in [0.29, 0.717) is 6.54 Å². The standard InChI is InChI=1S/C11H24N2O4S/c1-10-6-4-5-7-13(10)18(15,16)12(2)8-11(14)9-17-3/h10-11,14H,4-9H2,1-3H3. The normalized spacial score (nSPS) is 24.4. The predicted octanol–water partition coefficient (Wildman–Crippen LogP) is 0.0447. The minimum atomic E-state index is -3.47. The van der Waals surface area contributed by atoms with Crippen molar-refractivity contribution in [2.75, 3.05) is 33.9 Å². The highest BCUT2D eigenvalue weighted by molar-refractivity contribution is 7.86. The Labute approximate surface area is 110 Å². The maximum absolute atomic E-state index is 12.3. The Hall–Kier alpha value is -0.210. The number of rotatable bonds is 6. The second-order valence-corrected chi connectivity index (χ2v) is 6.84. The molecule has 1 aliphatic rings. The number of aliphatic hydroxyl groups excluding tert-OH is 1. The van der Waals surface area contributed by atoms with Gasteiger partial charge >= 0.3 is 0 Å². The van der Waals surface area contributed by atoms with Crippen LogP contribution in [-0.2, 0) is 14.9 Å². The Balaban J connectivity index is 2.66. The Morgan fingerprint density at radius 3 is 2.72 bits per heavy atom. The van der Waals surface area contributed by atoms with Crippen molar-refractivity contribution in [1.29, 1.82) is 0 Å². The van der Waals surface area contributed by atoms with Crippen LogP contribution in [0.4, 0.5) is 0 Å². The Morgan fingerprint density at radius 1 is 1.50 bits per heavy atom. The molecule has 2 unspecified atom stereocenters. The van der Waals surface area contributed by atoms with Gasteiger partial charge in [0.25, 0.3) is 10.2 Å². The molecule has 0 aromatic carbocycles. The molecule has 0 amide bonds. The van der Waals surface area contributed by atoms with E-state index in [-0.39, 0.29) is 19.2 Å². The van der Waals surface area contributed by atoms with E-state index < -0.39 is 16.3 Å². The van der Waals surface area contributed by atoms with E-state index in [1.54, 1.807) is 0 Å². The SMILES string of the molecule is COCC(O)CN(C)S(=O)(=O)N1CCCCC1C. The average molecular weight is 280 g/mol. The van der Waals surface area contributed by atoms with E-state index >= 15 is 0 Å². The molecule has 1 rings (SSSR count). The third-order valence-electron chi connectivity index (χ3n) is 3.26. The lowest BCUT2D eigenvalue weighted by molar-refractivity contribution is 0.0541. The lowest BCUT2D eigenvalue weighted by Crippen LogP contribution is -2.50. The van der Waals surface area contributed by atoms with Crippen LogP contribution in [0.3, 0.4) is 0 Å². The molecule has 1 fully saturated rings. The van der Waals surface area contributed by atoms with Crippen LogP contribution < -0.4 is 0 Å². The number of hydrogen-bond acceptors (Lipinski definition) is 4. The molecular weight excluding hydrogens is 256 g/mol. The third-order valence-corrected chi connectivity index (χ3v) is 5.33. The molecule has 0 bridgehead atoms. The van der Waals surface area contributed by atoms with Crippen LogP contribution in [0.15, 0.2) is 0 Å². The molecular formula is C11H24N2O4S. The predicted molar refractivity (Wildman–Crippen MR) is 69.5 cm³/mol. The van der Waals surface area contributed by atoms with Gasteiger partial charge in [-0.05, 0) is 19.8 Å². The van der Waals surface area contributed by atoms with Crippen LogP contribution in [0.25, 0.3) is 0 Å². The zero-order chi connectivity index (χ0) is 13.8. The van der Waals surface area contributed by atoms with E-state index in [0.717, 1.165) is 19.3 Å². The summed E-state index contributed by atoms with van der Waals surface area (Å²) in [6, 6.07) is 0.0331. The quantitative estimate of drug-likeness (QED) is 0.746. The maximum atomic E-state index is 12.3. The van der Waals surface area contributed by atoms with E-state index in [2.05, 4.69) is 0 Å². The summed E-state index contributed by atoms with van der Waals surface area (Å²) in [5.41, 5.74) is 0. The highest BCUT2D eigenvalue weighted by Gasteiger charge is 2.33. The van der Waals surface area contributed by atoms with Gasteiger partial charge in [0, 0.05) is 33.3 Å². The van der Waals surface area contributed by atoms with Crippen LogP contribution in [0, 0.1) is 0 Å². The monoisotopic (exact) mass is 280 g/mol. The molecule has 1 heterocycles. The number of ether oxygens (including phenoxy) is 1. The second kappa shape index (κ2) is 6.81. The minimum absolute atomic E-state index is 0.0331. The zero-order valence-electron chi connectivity index (χ0n) is 11.4. The van der Waals surface area contributed by atoms with Crippen molar-refractivity contribution < 1.29 is 18.3 Å².